The molecule has 2 rings (SSSR count). The molecule has 0 aliphatic rings. The molecule has 102 valence electrons. The highest BCUT2D eigenvalue weighted by Crippen LogP contribution is 2.27. The van der Waals surface area contributed by atoms with E-state index in [4.69, 9.17) is 4.74 Å². The number of aromatic nitrogens is 1. The second-order valence-electron chi connectivity index (χ2n) is 4.17. The van der Waals surface area contributed by atoms with Gasteiger partial charge < -0.3 is 10.1 Å². The summed E-state index contributed by atoms with van der Waals surface area (Å²) in [5.41, 5.74) is 1.77. The molecule has 0 spiro atoms. The summed E-state index contributed by atoms with van der Waals surface area (Å²) in [5.74, 6) is -0.106. The van der Waals surface area contributed by atoms with Gasteiger partial charge in [0.1, 0.15) is 5.01 Å². The lowest BCUT2D eigenvalue weighted by Gasteiger charge is -2.03. The van der Waals surface area contributed by atoms with Crippen LogP contribution in [0.2, 0.25) is 0 Å². The van der Waals surface area contributed by atoms with E-state index in [0.29, 0.717) is 0 Å². The quantitative estimate of drug-likeness (QED) is 0.823. The van der Waals surface area contributed by atoms with Crippen molar-refractivity contribution < 1.29 is 9.13 Å². The van der Waals surface area contributed by atoms with Crippen LogP contribution in [0.15, 0.2) is 23.6 Å². The van der Waals surface area contributed by atoms with Crippen molar-refractivity contribution >= 4 is 11.3 Å². The summed E-state index contributed by atoms with van der Waals surface area (Å²) >= 11 is 1.52. The maximum Gasteiger partial charge on any atom is 0.165 e. The maximum absolute atomic E-state index is 13.6. The largest absolute Gasteiger partial charge is 0.494 e. The Hall–Kier alpha value is -1.46. The molecule has 1 heterocycles. The zero-order chi connectivity index (χ0) is 13.7. The molecule has 3 nitrogen and oxygen atoms in total. The number of nitrogens with one attached hydrogen (secondary N) is 1. The van der Waals surface area contributed by atoms with Crippen LogP contribution in [0, 0.1) is 5.82 Å². The topological polar surface area (TPSA) is 34.1 Å². The van der Waals surface area contributed by atoms with Crippen molar-refractivity contribution in [3.8, 4) is 16.3 Å². The molecule has 1 aromatic carbocycles. The summed E-state index contributed by atoms with van der Waals surface area (Å²) in [7, 11) is 1.46. The Morgan fingerprint density at radius 3 is 2.95 bits per heavy atom. The standard InChI is InChI=1S/C14H17FN2OS/c1-3-6-16-8-11-9-19-14(17-11)10-4-5-13(18-2)12(15)7-10/h4-5,7,9,16H,3,6,8H2,1-2H3. The second-order valence-corrected chi connectivity index (χ2v) is 5.03. The molecule has 0 unspecified atom stereocenters. The van der Waals surface area contributed by atoms with Gasteiger partial charge in [-0.1, -0.05) is 6.92 Å². The first-order valence-corrected chi connectivity index (χ1v) is 7.11. The van der Waals surface area contributed by atoms with Gasteiger partial charge in [-0.05, 0) is 31.2 Å². The number of thiazole rings is 1. The van der Waals surface area contributed by atoms with E-state index in [1.54, 1.807) is 6.07 Å². The van der Waals surface area contributed by atoms with Gasteiger partial charge in [-0.2, -0.15) is 0 Å². The molecule has 0 aliphatic carbocycles. The summed E-state index contributed by atoms with van der Waals surface area (Å²) in [5, 5.41) is 6.12. The first-order chi connectivity index (χ1) is 9.24. The lowest BCUT2D eigenvalue weighted by atomic mass is 10.2. The molecule has 1 aromatic heterocycles. The minimum Gasteiger partial charge on any atom is -0.494 e. The molecule has 19 heavy (non-hydrogen) atoms. The van der Waals surface area contributed by atoms with Gasteiger partial charge in [0.15, 0.2) is 11.6 Å². The van der Waals surface area contributed by atoms with Crippen LogP contribution in [-0.2, 0) is 6.54 Å². The first kappa shape index (κ1) is 14.0. The van der Waals surface area contributed by atoms with E-state index in [9.17, 15) is 4.39 Å². The smallest absolute Gasteiger partial charge is 0.165 e. The first-order valence-electron chi connectivity index (χ1n) is 6.23. The number of hydrogen-bond acceptors (Lipinski definition) is 4. The Morgan fingerprint density at radius 1 is 1.42 bits per heavy atom. The van der Waals surface area contributed by atoms with E-state index in [-0.39, 0.29) is 11.6 Å². The highest BCUT2D eigenvalue weighted by atomic mass is 32.1. The van der Waals surface area contributed by atoms with Crippen LogP contribution < -0.4 is 10.1 Å². The zero-order valence-corrected chi connectivity index (χ0v) is 11.9. The molecule has 0 saturated heterocycles. The lowest BCUT2D eigenvalue weighted by Crippen LogP contribution is -2.13. The molecule has 0 amide bonds. The third-order valence-electron chi connectivity index (χ3n) is 2.68. The van der Waals surface area contributed by atoms with Gasteiger partial charge in [0, 0.05) is 17.5 Å². The Balaban J connectivity index is 2.11. The zero-order valence-electron chi connectivity index (χ0n) is 11.1. The Kier molecular flexibility index (Phi) is 4.87. The molecular formula is C14H17FN2OS. The lowest BCUT2D eigenvalue weighted by molar-refractivity contribution is 0.386. The molecule has 1 N–H and O–H groups in total. The molecule has 5 heteroatoms. The summed E-state index contributed by atoms with van der Waals surface area (Å²) in [6.45, 7) is 3.85. The van der Waals surface area contributed by atoms with Crippen LogP contribution in [-0.4, -0.2) is 18.6 Å². The molecule has 0 saturated carbocycles. The van der Waals surface area contributed by atoms with Gasteiger partial charge in [0.05, 0.1) is 12.8 Å². The second kappa shape index (κ2) is 6.63. The van der Waals surface area contributed by atoms with Gasteiger partial charge in [-0.3, -0.25) is 0 Å². The number of benzene rings is 1. The van der Waals surface area contributed by atoms with E-state index in [1.807, 2.05) is 11.4 Å². The number of halogens is 1. The molecule has 0 radical (unpaired) electrons. The van der Waals surface area contributed by atoms with Crippen LogP contribution in [0.1, 0.15) is 19.0 Å². The number of rotatable bonds is 6. The van der Waals surface area contributed by atoms with E-state index in [1.165, 1.54) is 24.5 Å². The van der Waals surface area contributed by atoms with Crippen LogP contribution >= 0.6 is 11.3 Å². The molecular weight excluding hydrogens is 263 g/mol. The molecule has 0 fully saturated rings. The minimum atomic E-state index is -0.360. The summed E-state index contributed by atoms with van der Waals surface area (Å²) in [6, 6.07) is 4.91. The highest BCUT2D eigenvalue weighted by molar-refractivity contribution is 7.13. The van der Waals surface area contributed by atoms with Crippen molar-refractivity contribution in [3.63, 3.8) is 0 Å². The molecule has 0 bridgehead atoms. The van der Waals surface area contributed by atoms with Crippen molar-refractivity contribution in [2.45, 2.75) is 19.9 Å². The molecule has 0 aliphatic heterocycles. The Labute approximate surface area is 116 Å². The maximum atomic E-state index is 13.6. The Morgan fingerprint density at radius 2 is 2.26 bits per heavy atom. The normalized spacial score (nSPS) is 10.7. The fourth-order valence-electron chi connectivity index (χ4n) is 1.71. The van der Waals surface area contributed by atoms with Crippen LogP contribution in [0.3, 0.4) is 0 Å². The third kappa shape index (κ3) is 3.52. The van der Waals surface area contributed by atoms with Crippen molar-refractivity contribution in [3.05, 3.63) is 35.1 Å². The number of ether oxygens (including phenoxy) is 1. The van der Waals surface area contributed by atoms with E-state index in [2.05, 4.69) is 17.2 Å². The average Bonchev–Trinajstić information content (AvgIpc) is 2.88. The molecule has 0 atom stereocenters. The fourth-order valence-corrected chi connectivity index (χ4v) is 2.53. The summed E-state index contributed by atoms with van der Waals surface area (Å²) < 4.78 is 18.5. The average molecular weight is 280 g/mol. The van der Waals surface area contributed by atoms with E-state index in [0.717, 1.165) is 35.8 Å². The number of methoxy groups -OCH3 is 1. The van der Waals surface area contributed by atoms with Gasteiger partial charge >= 0.3 is 0 Å². The minimum absolute atomic E-state index is 0.255. The van der Waals surface area contributed by atoms with Gasteiger partial charge in [0.2, 0.25) is 0 Å². The fraction of sp³-hybridized carbons (Fsp3) is 0.357. The van der Waals surface area contributed by atoms with Crippen molar-refractivity contribution in [1.29, 1.82) is 0 Å². The number of nitrogens with zero attached hydrogens (tertiary/aromatic N) is 1. The monoisotopic (exact) mass is 280 g/mol. The predicted octanol–water partition coefficient (Wildman–Crippen LogP) is 3.46. The SMILES string of the molecule is CCCNCc1csc(-c2ccc(OC)c(F)c2)n1. The summed E-state index contributed by atoms with van der Waals surface area (Å²) in [4.78, 5) is 4.50. The van der Waals surface area contributed by atoms with Gasteiger partial charge in [-0.15, -0.1) is 11.3 Å². The van der Waals surface area contributed by atoms with Gasteiger partial charge in [-0.25, -0.2) is 9.37 Å². The third-order valence-corrected chi connectivity index (χ3v) is 3.62. The van der Waals surface area contributed by atoms with Gasteiger partial charge in [0.25, 0.3) is 0 Å². The van der Waals surface area contributed by atoms with E-state index < -0.39 is 0 Å². The number of hydrogen-bond donors (Lipinski definition) is 1. The van der Waals surface area contributed by atoms with Crippen molar-refractivity contribution in [1.82, 2.24) is 10.3 Å². The van der Waals surface area contributed by atoms with Crippen LogP contribution in [0.4, 0.5) is 4.39 Å². The van der Waals surface area contributed by atoms with E-state index >= 15 is 0 Å². The highest BCUT2D eigenvalue weighted by Gasteiger charge is 2.08. The van der Waals surface area contributed by atoms with Crippen LogP contribution in [0.5, 0.6) is 5.75 Å². The summed E-state index contributed by atoms with van der Waals surface area (Å²) in [6.07, 6.45) is 1.10. The van der Waals surface area contributed by atoms with Crippen LogP contribution in [0.25, 0.3) is 10.6 Å². The Bertz CT molecular complexity index is 542. The predicted molar refractivity (Wildman–Crippen MR) is 76.1 cm³/mol. The van der Waals surface area contributed by atoms with Crippen molar-refractivity contribution in [2.75, 3.05) is 13.7 Å². The molecule has 2 aromatic rings. The van der Waals surface area contributed by atoms with Crippen molar-refractivity contribution in [2.24, 2.45) is 0 Å².